The van der Waals surface area contributed by atoms with Crippen molar-refractivity contribution in [3.05, 3.63) is 0 Å². The van der Waals surface area contributed by atoms with Crippen LogP contribution in [0.4, 0.5) is 0 Å². The Kier molecular flexibility index (Phi) is 5.95. The van der Waals surface area contributed by atoms with Crippen LogP contribution in [-0.4, -0.2) is 21.9 Å². The Bertz CT molecular complexity index is 587. The van der Waals surface area contributed by atoms with Crippen molar-refractivity contribution in [2.24, 2.45) is 46.3 Å². The Labute approximate surface area is 180 Å². The molecule has 4 aliphatic carbocycles. The minimum Gasteiger partial charge on any atom is -0.393 e. The summed E-state index contributed by atoms with van der Waals surface area (Å²) in [6.07, 6.45) is 14.4. The molecule has 0 amide bonds. The molecule has 0 radical (unpaired) electrons. The van der Waals surface area contributed by atoms with Crippen LogP contribution < -0.4 is 0 Å². The normalized spacial score (nSPS) is 50.7. The zero-order valence-corrected chi connectivity index (χ0v) is 19.9. The second-order valence-corrected chi connectivity index (χ2v) is 12.7. The summed E-state index contributed by atoms with van der Waals surface area (Å²) < 4.78 is 0. The molecule has 0 spiro atoms. The summed E-state index contributed by atoms with van der Waals surface area (Å²) in [5.74, 6) is 4.26. The lowest BCUT2D eigenvalue weighted by Gasteiger charge is -2.62. The lowest BCUT2D eigenvalue weighted by Crippen LogP contribution is -2.58. The van der Waals surface area contributed by atoms with Crippen LogP contribution in [0.15, 0.2) is 0 Å². The van der Waals surface area contributed by atoms with Crippen molar-refractivity contribution in [3.8, 4) is 0 Å². The van der Waals surface area contributed by atoms with Gasteiger partial charge in [0.1, 0.15) is 0 Å². The quantitative estimate of drug-likeness (QED) is 0.543. The molecule has 0 bridgehead atoms. The highest BCUT2D eigenvalue weighted by Gasteiger charge is 2.65. The van der Waals surface area contributed by atoms with Crippen LogP contribution in [0, 0.1) is 46.3 Å². The Morgan fingerprint density at radius 2 is 1.59 bits per heavy atom. The van der Waals surface area contributed by atoms with E-state index in [0.29, 0.717) is 17.3 Å². The monoisotopic (exact) mass is 404 g/mol. The van der Waals surface area contributed by atoms with Gasteiger partial charge < -0.3 is 10.2 Å². The third-order valence-electron chi connectivity index (χ3n) is 11.1. The fraction of sp³-hybridized carbons (Fsp3) is 1.00. The highest BCUT2D eigenvalue weighted by atomic mass is 16.3. The summed E-state index contributed by atoms with van der Waals surface area (Å²) in [7, 11) is 0. The first kappa shape index (κ1) is 22.1. The van der Waals surface area contributed by atoms with Crippen LogP contribution in [0.25, 0.3) is 0 Å². The van der Waals surface area contributed by atoms with E-state index in [2.05, 4.69) is 34.6 Å². The molecule has 4 fully saturated rings. The molecule has 168 valence electrons. The fourth-order valence-electron chi connectivity index (χ4n) is 9.17. The van der Waals surface area contributed by atoms with E-state index in [9.17, 15) is 10.2 Å². The smallest absolute Gasteiger partial charge is 0.0729 e. The molecular weight excluding hydrogens is 356 g/mol. The lowest BCUT2D eigenvalue weighted by molar-refractivity contribution is -0.173. The maximum Gasteiger partial charge on any atom is 0.0729 e. The highest BCUT2D eigenvalue weighted by Crippen LogP contribution is 2.69. The molecule has 4 saturated carbocycles. The Hall–Kier alpha value is -0.0800. The largest absolute Gasteiger partial charge is 0.393 e. The van der Waals surface area contributed by atoms with Crippen LogP contribution in [0.1, 0.15) is 112 Å². The number of aliphatic hydroxyl groups excluding tert-OH is 1. The summed E-state index contributed by atoms with van der Waals surface area (Å²) in [6.45, 7) is 12.0. The Morgan fingerprint density at radius 3 is 2.31 bits per heavy atom. The van der Waals surface area contributed by atoms with E-state index >= 15 is 0 Å². The van der Waals surface area contributed by atoms with Gasteiger partial charge >= 0.3 is 0 Å². The molecule has 29 heavy (non-hydrogen) atoms. The van der Waals surface area contributed by atoms with E-state index in [1.807, 2.05) is 0 Å². The molecule has 9 atom stereocenters. The number of hydrogen-bond acceptors (Lipinski definition) is 2. The minimum absolute atomic E-state index is 0.0539. The van der Waals surface area contributed by atoms with Crippen LogP contribution in [-0.2, 0) is 0 Å². The predicted octanol–water partition coefficient (Wildman–Crippen LogP) is 6.58. The molecule has 2 N–H and O–H groups in total. The van der Waals surface area contributed by atoms with Gasteiger partial charge in [0.25, 0.3) is 0 Å². The molecule has 0 heterocycles. The van der Waals surface area contributed by atoms with Crippen molar-refractivity contribution >= 4 is 0 Å². The minimum atomic E-state index is -0.458. The molecule has 4 rings (SSSR count). The molecule has 0 aromatic rings. The Morgan fingerprint density at radius 1 is 0.862 bits per heavy atom. The van der Waals surface area contributed by atoms with E-state index in [4.69, 9.17) is 0 Å². The molecule has 0 aromatic heterocycles. The second kappa shape index (κ2) is 7.80. The molecule has 0 saturated heterocycles. The van der Waals surface area contributed by atoms with E-state index in [-0.39, 0.29) is 11.5 Å². The van der Waals surface area contributed by atoms with Crippen molar-refractivity contribution in [1.29, 1.82) is 0 Å². The molecule has 4 aliphatic rings. The third-order valence-corrected chi connectivity index (χ3v) is 11.1. The average Bonchev–Trinajstić information content (AvgIpc) is 2.94. The molecule has 2 unspecified atom stereocenters. The van der Waals surface area contributed by atoms with E-state index in [0.717, 1.165) is 42.9 Å². The zero-order chi connectivity index (χ0) is 21.0. The number of hydrogen-bond donors (Lipinski definition) is 2. The maximum atomic E-state index is 12.1. The molecule has 0 aliphatic heterocycles. The first-order valence-corrected chi connectivity index (χ1v) is 13.0. The Balaban J connectivity index is 1.51. The van der Waals surface area contributed by atoms with Crippen LogP contribution >= 0.6 is 0 Å². The fourth-order valence-corrected chi connectivity index (χ4v) is 9.17. The molecule has 0 aromatic carbocycles. The van der Waals surface area contributed by atoms with Crippen molar-refractivity contribution < 1.29 is 10.2 Å². The van der Waals surface area contributed by atoms with Crippen LogP contribution in [0.5, 0.6) is 0 Å². The van der Waals surface area contributed by atoms with Gasteiger partial charge in [-0.05, 0) is 111 Å². The first-order valence-electron chi connectivity index (χ1n) is 13.0. The van der Waals surface area contributed by atoms with Gasteiger partial charge in [0.2, 0.25) is 0 Å². The van der Waals surface area contributed by atoms with Crippen LogP contribution in [0.3, 0.4) is 0 Å². The van der Waals surface area contributed by atoms with Gasteiger partial charge in [-0.3, -0.25) is 0 Å². The summed E-state index contributed by atoms with van der Waals surface area (Å²) >= 11 is 0. The van der Waals surface area contributed by atoms with Gasteiger partial charge in [-0.15, -0.1) is 0 Å². The topological polar surface area (TPSA) is 40.5 Å². The molecule has 2 nitrogen and oxygen atoms in total. The molecule has 2 heteroatoms. The summed E-state index contributed by atoms with van der Waals surface area (Å²) in [5, 5.41) is 22.3. The third kappa shape index (κ3) is 3.43. The average molecular weight is 405 g/mol. The second-order valence-electron chi connectivity index (χ2n) is 12.7. The number of aliphatic hydroxyl groups is 2. The summed E-state index contributed by atoms with van der Waals surface area (Å²) in [5.41, 5.74) is 0.0932. The first-order chi connectivity index (χ1) is 13.6. The van der Waals surface area contributed by atoms with Gasteiger partial charge in [-0.25, -0.2) is 0 Å². The van der Waals surface area contributed by atoms with Gasteiger partial charge in [-0.1, -0.05) is 47.5 Å². The molecular formula is C27H48O2. The van der Waals surface area contributed by atoms with E-state index in [1.165, 1.54) is 57.8 Å². The van der Waals surface area contributed by atoms with Gasteiger partial charge in [-0.2, -0.15) is 0 Å². The maximum absolute atomic E-state index is 12.1. The summed E-state index contributed by atoms with van der Waals surface area (Å²) in [4.78, 5) is 0. The van der Waals surface area contributed by atoms with E-state index in [1.54, 1.807) is 0 Å². The predicted molar refractivity (Wildman–Crippen MR) is 121 cm³/mol. The van der Waals surface area contributed by atoms with Crippen molar-refractivity contribution in [2.45, 2.75) is 123 Å². The standard InChI is InChI=1S/C27H48O2/c1-18(2)7-6-8-19(3)27(29)16-13-24-22-10-9-20-17-21(28)11-14-25(20,4)23(22)12-15-26(24,27)5/h18-24,28-29H,6-17H2,1-5H3/t19-,20?,21?,22-,23+,24+,25+,26+,27+/m1/s1. The SMILES string of the molecule is CC(C)CCC[C@@H](C)[C@@]1(O)CC[C@H]2[C@@H]3CCC4CC(O)CC[C@]4(C)[C@H]3CC[C@@]21C. The van der Waals surface area contributed by atoms with Crippen molar-refractivity contribution in [1.82, 2.24) is 0 Å². The zero-order valence-electron chi connectivity index (χ0n) is 19.9. The van der Waals surface area contributed by atoms with Gasteiger partial charge in [0, 0.05) is 0 Å². The lowest BCUT2D eigenvalue weighted by atomic mass is 9.44. The van der Waals surface area contributed by atoms with Crippen molar-refractivity contribution in [3.63, 3.8) is 0 Å². The van der Waals surface area contributed by atoms with Gasteiger partial charge in [0.05, 0.1) is 11.7 Å². The van der Waals surface area contributed by atoms with Crippen molar-refractivity contribution in [2.75, 3.05) is 0 Å². The highest BCUT2D eigenvalue weighted by molar-refractivity contribution is 5.15. The number of fused-ring (bicyclic) bond motifs is 5. The number of rotatable bonds is 5. The van der Waals surface area contributed by atoms with Crippen LogP contribution in [0.2, 0.25) is 0 Å². The van der Waals surface area contributed by atoms with Gasteiger partial charge in [0.15, 0.2) is 0 Å². The van der Waals surface area contributed by atoms with E-state index < -0.39 is 5.60 Å². The summed E-state index contributed by atoms with van der Waals surface area (Å²) in [6, 6.07) is 0.